The van der Waals surface area contributed by atoms with Crippen LogP contribution in [0.2, 0.25) is 0 Å². The third kappa shape index (κ3) is 2.87. The van der Waals surface area contributed by atoms with E-state index < -0.39 is 15.8 Å². The summed E-state index contributed by atoms with van der Waals surface area (Å²) in [6.07, 6.45) is 1.55. The standard InChI is InChI=1S/C14H20FNO3S/c1-10-7-13(15)5-6-14(10)20(18,19)16-8-12(9-17)4-3-11(16)2/h5-7,11-12,17H,3-4,8-9H2,1-2H3. The fraction of sp³-hybridized carbons (Fsp3) is 0.571. The largest absolute Gasteiger partial charge is 0.396 e. The molecule has 0 bridgehead atoms. The van der Waals surface area contributed by atoms with Crippen molar-refractivity contribution >= 4 is 10.0 Å². The van der Waals surface area contributed by atoms with Gasteiger partial charge in [0.15, 0.2) is 0 Å². The van der Waals surface area contributed by atoms with Crippen LogP contribution >= 0.6 is 0 Å². The van der Waals surface area contributed by atoms with Crippen LogP contribution in [0.15, 0.2) is 23.1 Å². The number of benzene rings is 1. The number of hydrogen-bond acceptors (Lipinski definition) is 3. The molecule has 0 aliphatic carbocycles. The zero-order chi connectivity index (χ0) is 14.9. The molecule has 0 radical (unpaired) electrons. The maximum atomic E-state index is 13.1. The molecule has 2 rings (SSSR count). The second kappa shape index (κ2) is 5.79. The topological polar surface area (TPSA) is 57.6 Å². The van der Waals surface area contributed by atoms with Gasteiger partial charge in [-0.25, -0.2) is 12.8 Å². The van der Waals surface area contributed by atoms with Crippen molar-refractivity contribution in [2.24, 2.45) is 5.92 Å². The first-order chi connectivity index (χ1) is 9.36. The summed E-state index contributed by atoms with van der Waals surface area (Å²) in [5.74, 6) is -0.469. The summed E-state index contributed by atoms with van der Waals surface area (Å²) in [5.41, 5.74) is 0.406. The molecule has 0 aromatic heterocycles. The van der Waals surface area contributed by atoms with E-state index in [1.165, 1.54) is 16.4 Å². The number of nitrogens with zero attached hydrogens (tertiary/aromatic N) is 1. The normalized spacial score (nSPS) is 24.8. The first-order valence-corrected chi connectivity index (χ1v) is 8.19. The highest BCUT2D eigenvalue weighted by Crippen LogP contribution is 2.29. The fourth-order valence-corrected chi connectivity index (χ4v) is 4.60. The van der Waals surface area contributed by atoms with Gasteiger partial charge in [-0.1, -0.05) is 0 Å². The van der Waals surface area contributed by atoms with Gasteiger partial charge in [-0.2, -0.15) is 4.31 Å². The summed E-state index contributed by atoms with van der Waals surface area (Å²) in [4.78, 5) is 0.143. The molecule has 1 fully saturated rings. The number of sulfonamides is 1. The number of piperidine rings is 1. The van der Waals surface area contributed by atoms with Crippen molar-refractivity contribution in [3.63, 3.8) is 0 Å². The Hall–Kier alpha value is -0.980. The van der Waals surface area contributed by atoms with Gasteiger partial charge in [0, 0.05) is 19.2 Å². The second-order valence-corrected chi connectivity index (χ2v) is 7.32. The lowest BCUT2D eigenvalue weighted by Gasteiger charge is -2.36. The predicted octanol–water partition coefficient (Wildman–Crippen LogP) is 1.92. The molecule has 112 valence electrons. The Bertz CT molecular complexity index is 588. The van der Waals surface area contributed by atoms with Crippen LogP contribution in [0.1, 0.15) is 25.3 Å². The minimum Gasteiger partial charge on any atom is -0.396 e. The second-order valence-electron chi connectivity index (χ2n) is 5.46. The molecule has 0 saturated carbocycles. The summed E-state index contributed by atoms with van der Waals surface area (Å²) in [6.45, 7) is 3.76. The highest BCUT2D eigenvalue weighted by molar-refractivity contribution is 7.89. The molecule has 1 aliphatic rings. The zero-order valence-electron chi connectivity index (χ0n) is 11.7. The molecule has 20 heavy (non-hydrogen) atoms. The van der Waals surface area contributed by atoms with E-state index in [1.807, 2.05) is 6.92 Å². The van der Waals surface area contributed by atoms with Crippen molar-refractivity contribution in [3.8, 4) is 0 Å². The van der Waals surface area contributed by atoms with Gasteiger partial charge in [-0.15, -0.1) is 0 Å². The highest BCUT2D eigenvalue weighted by atomic mass is 32.2. The summed E-state index contributed by atoms with van der Waals surface area (Å²) in [5, 5.41) is 9.25. The van der Waals surface area contributed by atoms with E-state index in [-0.39, 0.29) is 23.5 Å². The van der Waals surface area contributed by atoms with E-state index in [0.717, 1.165) is 18.9 Å². The molecule has 0 spiro atoms. The van der Waals surface area contributed by atoms with E-state index in [1.54, 1.807) is 6.92 Å². The summed E-state index contributed by atoms with van der Waals surface area (Å²) in [7, 11) is -3.65. The smallest absolute Gasteiger partial charge is 0.243 e. The molecule has 1 aromatic rings. The first kappa shape index (κ1) is 15.4. The molecule has 2 atom stereocenters. The van der Waals surface area contributed by atoms with Gasteiger partial charge < -0.3 is 5.11 Å². The Morgan fingerprint density at radius 2 is 2.10 bits per heavy atom. The third-order valence-corrected chi connectivity index (χ3v) is 6.04. The zero-order valence-corrected chi connectivity index (χ0v) is 12.5. The van der Waals surface area contributed by atoms with E-state index in [0.29, 0.717) is 12.1 Å². The minimum absolute atomic E-state index is 0.0128. The van der Waals surface area contributed by atoms with Gasteiger partial charge in [0.2, 0.25) is 10.0 Å². The van der Waals surface area contributed by atoms with E-state index in [2.05, 4.69) is 0 Å². The van der Waals surface area contributed by atoms with Gasteiger partial charge in [-0.3, -0.25) is 0 Å². The lowest BCUT2D eigenvalue weighted by atomic mass is 9.96. The highest BCUT2D eigenvalue weighted by Gasteiger charge is 2.35. The SMILES string of the molecule is Cc1cc(F)ccc1S(=O)(=O)N1CC(CO)CCC1C. The Morgan fingerprint density at radius 1 is 1.40 bits per heavy atom. The molecular formula is C14H20FNO3S. The van der Waals surface area contributed by atoms with Gasteiger partial charge in [0.1, 0.15) is 5.82 Å². The van der Waals surface area contributed by atoms with Crippen molar-refractivity contribution in [2.75, 3.05) is 13.2 Å². The number of aliphatic hydroxyl groups is 1. The van der Waals surface area contributed by atoms with Gasteiger partial charge >= 0.3 is 0 Å². The Labute approximate surface area is 119 Å². The molecule has 1 saturated heterocycles. The van der Waals surface area contributed by atoms with Crippen LogP contribution in [0, 0.1) is 18.7 Å². The van der Waals surface area contributed by atoms with Crippen LogP contribution in [-0.2, 0) is 10.0 Å². The van der Waals surface area contributed by atoms with Crippen LogP contribution in [0.4, 0.5) is 4.39 Å². The molecule has 1 N–H and O–H groups in total. The van der Waals surface area contributed by atoms with Gasteiger partial charge in [0.25, 0.3) is 0 Å². The summed E-state index contributed by atoms with van der Waals surface area (Å²) >= 11 is 0. The molecular weight excluding hydrogens is 281 g/mol. The van der Waals surface area contributed by atoms with Crippen molar-refractivity contribution < 1.29 is 17.9 Å². The number of hydrogen-bond donors (Lipinski definition) is 1. The average Bonchev–Trinajstić information content (AvgIpc) is 2.38. The summed E-state index contributed by atoms with van der Waals surface area (Å²) < 4.78 is 40.0. The van der Waals surface area contributed by atoms with Crippen molar-refractivity contribution in [1.29, 1.82) is 0 Å². The minimum atomic E-state index is -3.65. The predicted molar refractivity (Wildman–Crippen MR) is 74.3 cm³/mol. The maximum absolute atomic E-state index is 13.1. The third-order valence-electron chi connectivity index (χ3n) is 3.90. The Kier molecular flexibility index (Phi) is 4.46. The molecule has 1 heterocycles. The lowest BCUT2D eigenvalue weighted by molar-refractivity contribution is 0.139. The van der Waals surface area contributed by atoms with Crippen LogP contribution in [-0.4, -0.2) is 37.0 Å². The molecule has 0 amide bonds. The molecule has 1 aromatic carbocycles. The van der Waals surface area contributed by atoms with Crippen molar-refractivity contribution in [2.45, 2.75) is 37.6 Å². The lowest BCUT2D eigenvalue weighted by Crippen LogP contribution is -2.46. The number of aliphatic hydroxyl groups excluding tert-OH is 1. The summed E-state index contributed by atoms with van der Waals surface area (Å²) in [6, 6.07) is 3.60. The quantitative estimate of drug-likeness (QED) is 0.928. The van der Waals surface area contributed by atoms with Gasteiger partial charge in [0.05, 0.1) is 4.90 Å². The van der Waals surface area contributed by atoms with Crippen molar-refractivity contribution in [3.05, 3.63) is 29.6 Å². The van der Waals surface area contributed by atoms with Crippen LogP contribution in [0.5, 0.6) is 0 Å². The molecule has 1 aliphatic heterocycles. The average molecular weight is 301 g/mol. The molecule has 4 nitrogen and oxygen atoms in total. The van der Waals surface area contributed by atoms with Crippen LogP contribution in [0.3, 0.4) is 0 Å². The Balaban J connectivity index is 2.38. The fourth-order valence-electron chi connectivity index (χ4n) is 2.66. The van der Waals surface area contributed by atoms with E-state index in [9.17, 15) is 17.9 Å². The van der Waals surface area contributed by atoms with Gasteiger partial charge in [-0.05, 0) is 56.4 Å². The number of rotatable bonds is 3. The molecule has 6 heteroatoms. The van der Waals surface area contributed by atoms with E-state index >= 15 is 0 Å². The first-order valence-electron chi connectivity index (χ1n) is 6.75. The number of aryl methyl sites for hydroxylation is 1. The van der Waals surface area contributed by atoms with Crippen LogP contribution in [0.25, 0.3) is 0 Å². The maximum Gasteiger partial charge on any atom is 0.243 e. The Morgan fingerprint density at radius 3 is 2.70 bits per heavy atom. The van der Waals surface area contributed by atoms with Crippen LogP contribution < -0.4 is 0 Å². The number of halogens is 1. The van der Waals surface area contributed by atoms with E-state index in [4.69, 9.17) is 0 Å². The molecule has 2 unspecified atom stereocenters. The van der Waals surface area contributed by atoms with Crippen molar-refractivity contribution in [1.82, 2.24) is 4.31 Å². The monoisotopic (exact) mass is 301 g/mol.